The van der Waals surface area contributed by atoms with Crippen LogP contribution in [0.25, 0.3) is 28.0 Å². The first-order valence-electron chi connectivity index (χ1n) is 8.25. The van der Waals surface area contributed by atoms with Gasteiger partial charge < -0.3 is 0 Å². The van der Waals surface area contributed by atoms with E-state index in [1.54, 1.807) is 0 Å². The van der Waals surface area contributed by atoms with E-state index in [9.17, 15) is 4.79 Å². The molecule has 4 nitrogen and oxygen atoms in total. The molecule has 1 aliphatic rings. The third kappa shape index (κ3) is 1.85. The standard InChI is InChI=1S/C21H15N3O/c1-12-11-18(22-17-10-6-5-7-14(12)17)24-20-15-8-3-4-9-16(15)21(25)19(20)13(2)23-24/h3-11H,1-2H3. The zero-order valence-corrected chi connectivity index (χ0v) is 13.9. The molecule has 0 unspecified atom stereocenters. The number of para-hydroxylation sites is 1. The van der Waals surface area contributed by atoms with Gasteiger partial charge in [-0.3, -0.25) is 4.79 Å². The van der Waals surface area contributed by atoms with Gasteiger partial charge in [-0.05, 0) is 31.5 Å². The van der Waals surface area contributed by atoms with Crippen LogP contribution in [0.1, 0.15) is 27.2 Å². The number of pyridine rings is 1. The van der Waals surface area contributed by atoms with Gasteiger partial charge in [-0.2, -0.15) is 5.10 Å². The first kappa shape index (κ1) is 14.1. The van der Waals surface area contributed by atoms with Crippen LogP contribution in [0.5, 0.6) is 0 Å². The second-order valence-corrected chi connectivity index (χ2v) is 6.41. The normalized spacial score (nSPS) is 12.5. The molecule has 0 aliphatic heterocycles. The van der Waals surface area contributed by atoms with Crippen LogP contribution in [0.15, 0.2) is 54.6 Å². The van der Waals surface area contributed by atoms with E-state index in [4.69, 9.17) is 4.98 Å². The van der Waals surface area contributed by atoms with Crippen molar-refractivity contribution in [1.29, 1.82) is 0 Å². The average molecular weight is 325 g/mol. The Morgan fingerprint density at radius 1 is 0.920 bits per heavy atom. The van der Waals surface area contributed by atoms with E-state index in [-0.39, 0.29) is 5.78 Å². The molecule has 0 fully saturated rings. The zero-order chi connectivity index (χ0) is 17.1. The highest BCUT2D eigenvalue weighted by atomic mass is 16.1. The summed E-state index contributed by atoms with van der Waals surface area (Å²) in [6.07, 6.45) is 0. The minimum Gasteiger partial charge on any atom is -0.288 e. The number of aromatic nitrogens is 3. The number of nitrogens with zero attached hydrogens (tertiary/aromatic N) is 3. The van der Waals surface area contributed by atoms with Gasteiger partial charge in [-0.25, -0.2) is 9.67 Å². The number of hydrogen-bond acceptors (Lipinski definition) is 3. The number of carbonyl (C=O) groups excluding carboxylic acids is 1. The maximum atomic E-state index is 12.8. The molecule has 4 aromatic rings. The molecule has 1 aliphatic carbocycles. The van der Waals surface area contributed by atoms with E-state index in [1.165, 1.54) is 0 Å². The molecule has 2 aromatic carbocycles. The van der Waals surface area contributed by atoms with Gasteiger partial charge in [0.2, 0.25) is 0 Å². The van der Waals surface area contributed by atoms with Gasteiger partial charge >= 0.3 is 0 Å². The molecule has 0 saturated carbocycles. The summed E-state index contributed by atoms with van der Waals surface area (Å²) in [7, 11) is 0. The van der Waals surface area contributed by atoms with E-state index in [2.05, 4.69) is 18.1 Å². The molecule has 2 aromatic heterocycles. The van der Waals surface area contributed by atoms with Gasteiger partial charge in [-0.1, -0.05) is 42.5 Å². The molecule has 25 heavy (non-hydrogen) atoms. The van der Waals surface area contributed by atoms with E-state index in [1.807, 2.05) is 60.1 Å². The summed E-state index contributed by atoms with van der Waals surface area (Å²) in [6.45, 7) is 3.95. The Morgan fingerprint density at radius 2 is 1.64 bits per heavy atom. The molecule has 0 atom stereocenters. The molecule has 5 rings (SSSR count). The first-order valence-corrected chi connectivity index (χ1v) is 8.25. The average Bonchev–Trinajstić information content (AvgIpc) is 3.12. The molecular weight excluding hydrogens is 310 g/mol. The van der Waals surface area contributed by atoms with Crippen molar-refractivity contribution < 1.29 is 4.79 Å². The number of fused-ring (bicyclic) bond motifs is 4. The van der Waals surface area contributed by atoms with Gasteiger partial charge in [0.1, 0.15) is 0 Å². The topological polar surface area (TPSA) is 47.8 Å². The Labute approximate surface area is 144 Å². The van der Waals surface area contributed by atoms with Crippen LogP contribution in [-0.4, -0.2) is 20.5 Å². The van der Waals surface area contributed by atoms with Crippen LogP contribution in [-0.2, 0) is 0 Å². The maximum absolute atomic E-state index is 12.8. The summed E-state index contributed by atoms with van der Waals surface area (Å²) in [4.78, 5) is 17.5. The lowest BCUT2D eigenvalue weighted by molar-refractivity contribution is 0.104. The predicted octanol–water partition coefficient (Wildman–Crippen LogP) is 4.25. The fourth-order valence-electron chi connectivity index (χ4n) is 3.68. The van der Waals surface area contributed by atoms with Crippen molar-refractivity contribution in [2.75, 3.05) is 0 Å². The van der Waals surface area contributed by atoms with Crippen molar-refractivity contribution in [3.63, 3.8) is 0 Å². The highest BCUT2D eigenvalue weighted by molar-refractivity contribution is 6.21. The first-order chi connectivity index (χ1) is 12.1. The Hall–Kier alpha value is -3.27. The number of rotatable bonds is 1. The summed E-state index contributed by atoms with van der Waals surface area (Å²) in [5.41, 5.74) is 6.01. The fraction of sp³-hybridized carbons (Fsp3) is 0.0952. The van der Waals surface area contributed by atoms with Gasteiger partial charge in [0, 0.05) is 16.5 Å². The molecule has 0 spiro atoms. The molecular formula is C21H15N3O. The Morgan fingerprint density at radius 3 is 2.48 bits per heavy atom. The number of benzene rings is 2. The lowest BCUT2D eigenvalue weighted by Gasteiger charge is -2.09. The summed E-state index contributed by atoms with van der Waals surface area (Å²) in [6, 6.07) is 17.8. The van der Waals surface area contributed by atoms with Crippen molar-refractivity contribution in [2.45, 2.75) is 13.8 Å². The predicted molar refractivity (Wildman–Crippen MR) is 97.2 cm³/mol. The van der Waals surface area contributed by atoms with Crippen molar-refractivity contribution >= 4 is 16.7 Å². The smallest absolute Gasteiger partial charge is 0.197 e. The van der Waals surface area contributed by atoms with Crippen molar-refractivity contribution in [2.24, 2.45) is 0 Å². The van der Waals surface area contributed by atoms with Crippen LogP contribution < -0.4 is 0 Å². The van der Waals surface area contributed by atoms with Gasteiger partial charge in [0.25, 0.3) is 0 Å². The largest absolute Gasteiger partial charge is 0.288 e. The number of ketones is 1. The highest BCUT2D eigenvalue weighted by Gasteiger charge is 2.33. The summed E-state index contributed by atoms with van der Waals surface area (Å²) in [5.74, 6) is 0.789. The Balaban J connectivity index is 1.83. The van der Waals surface area contributed by atoms with Crippen molar-refractivity contribution in [3.05, 3.63) is 77.0 Å². The summed E-state index contributed by atoms with van der Waals surface area (Å²) < 4.78 is 1.81. The SMILES string of the molecule is Cc1nn(-c2cc(C)c3ccccc3n2)c2c1C(=O)c1ccccc1-2. The second kappa shape index (κ2) is 4.86. The van der Waals surface area contributed by atoms with Crippen molar-refractivity contribution in [3.8, 4) is 17.1 Å². The molecule has 0 N–H and O–H groups in total. The zero-order valence-electron chi connectivity index (χ0n) is 13.9. The molecule has 0 bridgehead atoms. The minimum absolute atomic E-state index is 0.0480. The second-order valence-electron chi connectivity index (χ2n) is 6.41. The van der Waals surface area contributed by atoms with Gasteiger partial charge in [-0.15, -0.1) is 0 Å². The van der Waals surface area contributed by atoms with Crippen molar-refractivity contribution in [1.82, 2.24) is 14.8 Å². The number of aryl methyl sites for hydroxylation is 2. The fourth-order valence-corrected chi connectivity index (χ4v) is 3.68. The van der Waals surface area contributed by atoms with E-state index < -0.39 is 0 Å². The van der Waals surface area contributed by atoms with Crippen LogP contribution in [0.2, 0.25) is 0 Å². The van der Waals surface area contributed by atoms with E-state index in [0.29, 0.717) is 5.56 Å². The van der Waals surface area contributed by atoms with Gasteiger partial charge in [0.05, 0.1) is 22.5 Å². The monoisotopic (exact) mass is 325 g/mol. The summed E-state index contributed by atoms with van der Waals surface area (Å²) >= 11 is 0. The molecule has 2 heterocycles. The highest BCUT2D eigenvalue weighted by Crippen LogP contribution is 2.39. The number of hydrogen-bond donors (Lipinski definition) is 0. The third-order valence-electron chi connectivity index (χ3n) is 4.84. The Bertz CT molecular complexity index is 1190. The maximum Gasteiger partial charge on any atom is 0.197 e. The Kier molecular flexibility index (Phi) is 2.74. The van der Waals surface area contributed by atoms with E-state index >= 15 is 0 Å². The quantitative estimate of drug-likeness (QED) is 0.463. The molecule has 0 radical (unpaired) electrons. The third-order valence-corrected chi connectivity index (χ3v) is 4.84. The molecule has 0 amide bonds. The van der Waals surface area contributed by atoms with Crippen LogP contribution >= 0.6 is 0 Å². The molecule has 0 saturated heterocycles. The molecule has 120 valence electrons. The van der Waals surface area contributed by atoms with Crippen LogP contribution in [0, 0.1) is 13.8 Å². The lowest BCUT2D eigenvalue weighted by Crippen LogP contribution is -2.03. The van der Waals surface area contributed by atoms with Crippen LogP contribution in [0.4, 0.5) is 0 Å². The minimum atomic E-state index is 0.0480. The number of carbonyl (C=O) groups is 1. The van der Waals surface area contributed by atoms with Crippen LogP contribution in [0.3, 0.4) is 0 Å². The summed E-state index contributed by atoms with van der Waals surface area (Å²) in [5, 5.41) is 5.76. The lowest BCUT2D eigenvalue weighted by atomic mass is 10.1. The van der Waals surface area contributed by atoms with Gasteiger partial charge in [0.15, 0.2) is 11.6 Å². The van der Waals surface area contributed by atoms with E-state index in [0.717, 1.165) is 44.8 Å². The molecule has 4 heteroatoms.